The Morgan fingerprint density at radius 3 is 2.63 bits per heavy atom. The van der Waals surface area contributed by atoms with E-state index in [2.05, 4.69) is 4.98 Å². The Bertz CT molecular complexity index is 599. The first kappa shape index (κ1) is 13.2. The summed E-state index contributed by atoms with van der Waals surface area (Å²) in [4.78, 5) is 15.1. The average molecular weight is 279 g/mol. The number of carbonyl (C=O) groups excluding carboxylic acids is 1. The van der Waals surface area contributed by atoms with Gasteiger partial charge >= 0.3 is 0 Å². The van der Waals surface area contributed by atoms with Crippen molar-refractivity contribution in [2.75, 3.05) is 7.11 Å². The number of pyridine rings is 1. The molecule has 0 aliphatic heterocycles. The average Bonchev–Trinajstić information content (AvgIpc) is 2.41. The molecule has 0 saturated heterocycles. The van der Waals surface area contributed by atoms with E-state index in [1.807, 2.05) is 0 Å². The highest BCUT2D eigenvalue weighted by Crippen LogP contribution is 2.31. The molecule has 1 amide bonds. The summed E-state index contributed by atoms with van der Waals surface area (Å²) in [5.74, 6) is 0.666. The van der Waals surface area contributed by atoms with Crippen molar-refractivity contribution in [3.63, 3.8) is 0 Å². The van der Waals surface area contributed by atoms with E-state index in [4.69, 9.17) is 26.8 Å². The third-order valence-corrected chi connectivity index (χ3v) is 2.59. The molecule has 1 heterocycles. The molecule has 0 spiro atoms. The van der Waals surface area contributed by atoms with Crippen LogP contribution >= 0.6 is 11.6 Å². The molecule has 0 fully saturated rings. The number of carbonyl (C=O) groups is 1. The fourth-order valence-electron chi connectivity index (χ4n) is 1.44. The van der Waals surface area contributed by atoms with Crippen LogP contribution in [0.5, 0.6) is 17.4 Å². The summed E-state index contributed by atoms with van der Waals surface area (Å²) < 4.78 is 10.7. The molecular weight excluding hydrogens is 268 g/mol. The van der Waals surface area contributed by atoms with Crippen molar-refractivity contribution in [2.24, 2.45) is 5.73 Å². The summed E-state index contributed by atoms with van der Waals surface area (Å²) in [5.41, 5.74) is 5.54. The number of nitrogens with zero attached hydrogens (tertiary/aromatic N) is 1. The van der Waals surface area contributed by atoms with Crippen LogP contribution in [-0.4, -0.2) is 18.0 Å². The van der Waals surface area contributed by atoms with Gasteiger partial charge in [-0.15, -0.1) is 0 Å². The van der Waals surface area contributed by atoms with Crippen molar-refractivity contribution in [3.8, 4) is 17.4 Å². The number of benzene rings is 1. The minimum atomic E-state index is -0.533. The number of primary amides is 1. The lowest BCUT2D eigenvalue weighted by Crippen LogP contribution is -2.10. The number of aromatic nitrogens is 1. The maximum absolute atomic E-state index is 11.1. The molecule has 1 aromatic carbocycles. The number of ether oxygens (including phenoxy) is 2. The first-order valence-electron chi connectivity index (χ1n) is 5.37. The van der Waals surface area contributed by atoms with Crippen LogP contribution in [-0.2, 0) is 0 Å². The zero-order valence-electron chi connectivity index (χ0n) is 10.1. The van der Waals surface area contributed by atoms with E-state index in [-0.39, 0.29) is 0 Å². The van der Waals surface area contributed by atoms with Gasteiger partial charge in [-0.3, -0.25) is 4.79 Å². The lowest BCUT2D eigenvalue weighted by molar-refractivity contribution is 0.1000. The summed E-state index contributed by atoms with van der Waals surface area (Å²) in [7, 11) is 1.47. The molecule has 6 heteroatoms. The zero-order valence-corrected chi connectivity index (χ0v) is 10.8. The molecule has 0 saturated carbocycles. The van der Waals surface area contributed by atoms with Gasteiger partial charge in [-0.2, -0.15) is 0 Å². The van der Waals surface area contributed by atoms with Gasteiger partial charge in [0.1, 0.15) is 0 Å². The predicted molar refractivity (Wildman–Crippen MR) is 70.8 cm³/mol. The number of amides is 1. The lowest BCUT2D eigenvalue weighted by Gasteiger charge is -2.10. The molecule has 0 radical (unpaired) electrons. The normalized spacial score (nSPS) is 10.0. The molecular formula is C13H11ClN2O3. The molecule has 0 atom stereocenters. The first-order chi connectivity index (χ1) is 9.10. The largest absolute Gasteiger partial charge is 0.493 e. The van der Waals surface area contributed by atoms with E-state index in [0.29, 0.717) is 28.0 Å². The highest BCUT2D eigenvalue weighted by Gasteiger charge is 2.10. The zero-order chi connectivity index (χ0) is 13.8. The maximum Gasteiger partial charge on any atom is 0.248 e. The van der Waals surface area contributed by atoms with Gasteiger partial charge in [-0.25, -0.2) is 4.98 Å². The molecule has 2 aromatic rings. The SMILES string of the molecule is COc1cc(C(N)=O)ccc1Oc1ccc(Cl)cn1. The summed E-state index contributed by atoms with van der Waals surface area (Å²) in [6, 6.07) is 7.94. The molecule has 0 bridgehead atoms. The summed E-state index contributed by atoms with van der Waals surface area (Å²) >= 11 is 5.73. The van der Waals surface area contributed by atoms with Crippen molar-refractivity contribution in [3.05, 3.63) is 47.1 Å². The monoisotopic (exact) mass is 278 g/mol. The van der Waals surface area contributed by atoms with Crippen LogP contribution in [0.1, 0.15) is 10.4 Å². The van der Waals surface area contributed by atoms with Crippen LogP contribution < -0.4 is 15.2 Å². The molecule has 1 aromatic heterocycles. The van der Waals surface area contributed by atoms with E-state index in [9.17, 15) is 4.79 Å². The lowest BCUT2D eigenvalue weighted by atomic mass is 10.2. The molecule has 0 aliphatic carbocycles. The highest BCUT2D eigenvalue weighted by atomic mass is 35.5. The minimum Gasteiger partial charge on any atom is -0.493 e. The van der Waals surface area contributed by atoms with E-state index in [1.54, 1.807) is 24.3 Å². The van der Waals surface area contributed by atoms with Gasteiger partial charge in [0, 0.05) is 17.8 Å². The van der Waals surface area contributed by atoms with Crippen molar-refractivity contribution >= 4 is 17.5 Å². The number of hydrogen-bond donors (Lipinski definition) is 1. The van der Waals surface area contributed by atoms with Gasteiger partial charge in [-0.1, -0.05) is 11.6 Å². The molecule has 0 unspecified atom stereocenters. The third kappa shape index (κ3) is 3.14. The van der Waals surface area contributed by atoms with Crippen LogP contribution in [0, 0.1) is 0 Å². The fourth-order valence-corrected chi connectivity index (χ4v) is 1.55. The van der Waals surface area contributed by atoms with Crippen LogP contribution in [0.3, 0.4) is 0 Å². The van der Waals surface area contributed by atoms with Gasteiger partial charge in [0.05, 0.1) is 12.1 Å². The molecule has 2 N–H and O–H groups in total. The van der Waals surface area contributed by atoms with E-state index in [0.717, 1.165) is 0 Å². The molecule has 19 heavy (non-hydrogen) atoms. The second-order valence-electron chi connectivity index (χ2n) is 3.65. The second-order valence-corrected chi connectivity index (χ2v) is 4.08. The van der Waals surface area contributed by atoms with Crippen molar-refractivity contribution in [1.82, 2.24) is 4.98 Å². The highest BCUT2D eigenvalue weighted by molar-refractivity contribution is 6.30. The topological polar surface area (TPSA) is 74.4 Å². The summed E-state index contributed by atoms with van der Waals surface area (Å²) in [6.07, 6.45) is 1.47. The van der Waals surface area contributed by atoms with Crippen LogP contribution in [0.2, 0.25) is 5.02 Å². The number of hydrogen-bond acceptors (Lipinski definition) is 4. The van der Waals surface area contributed by atoms with E-state index >= 15 is 0 Å². The molecule has 98 valence electrons. The van der Waals surface area contributed by atoms with Crippen LogP contribution in [0.25, 0.3) is 0 Å². The van der Waals surface area contributed by atoms with Crippen molar-refractivity contribution in [2.45, 2.75) is 0 Å². The van der Waals surface area contributed by atoms with Gasteiger partial charge in [-0.05, 0) is 24.3 Å². The van der Waals surface area contributed by atoms with Crippen LogP contribution in [0.15, 0.2) is 36.5 Å². The molecule has 5 nitrogen and oxygen atoms in total. The summed E-state index contributed by atoms with van der Waals surface area (Å²) in [5, 5.41) is 0.517. The van der Waals surface area contributed by atoms with E-state index < -0.39 is 5.91 Å². The number of methoxy groups -OCH3 is 1. The maximum atomic E-state index is 11.1. The molecule has 2 rings (SSSR count). The van der Waals surface area contributed by atoms with Gasteiger partial charge in [0.15, 0.2) is 11.5 Å². The Morgan fingerprint density at radius 2 is 2.05 bits per heavy atom. The minimum absolute atomic E-state index is 0.341. The first-order valence-corrected chi connectivity index (χ1v) is 5.75. The van der Waals surface area contributed by atoms with E-state index in [1.165, 1.54) is 19.4 Å². The van der Waals surface area contributed by atoms with Crippen molar-refractivity contribution in [1.29, 1.82) is 0 Å². The van der Waals surface area contributed by atoms with Crippen molar-refractivity contribution < 1.29 is 14.3 Å². The Morgan fingerprint density at radius 1 is 1.26 bits per heavy atom. The van der Waals surface area contributed by atoms with Gasteiger partial charge in [0.25, 0.3) is 0 Å². The quantitative estimate of drug-likeness (QED) is 0.933. The predicted octanol–water partition coefficient (Wildman–Crippen LogP) is 2.63. The third-order valence-electron chi connectivity index (χ3n) is 2.36. The second kappa shape index (κ2) is 5.58. The number of rotatable bonds is 4. The van der Waals surface area contributed by atoms with Gasteiger partial charge < -0.3 is 15.2 Å². The number of nitrogens with two attached hydrogens (primary N) is 1. The van der Waals surface area contributed by atoms with Crippen LogP contribution in [0.4, 0.5) is 0 Å². The Kier molecular flexibility index (Phi) is 3.87. The molecule has 0 aliphatic rings. The standard InChI is InChI=1S/C13H11ClN2O3/c1-18-11-6-8(13(15)17)2-4-10(11)19-12-5-3-9(14)7-16-12/h2-7H,1H3,(H2,15,17). The summed E-state index contributed by atoms with van der Waals surface area (Å²) in [6.45, 7) is 0. The fraction of sp³-hybridized carbons (Fsp3) is 0.0769. The number of halogens is 1. The Hall–Kier alpha value is -2.27. The smallest absolute Gasteiger partial charge is 0.248 e. The Balaban J connectivity index is 2.29. The Labute approximate surface area is 114 Å². The van der Waals surface area contributed by atoms with Gasteiger partial charge in [0.2, 0.25) is 11.8 Å².